The van der Waals surface area contributed by atoms with Gasteiger partial charge in [-0.3, -0.25) is 0 Å². The highest BCUT2D eigenvalue weighted by Crippen LogP contribution is 2.33. The molecule has 0 aromatic heterocycles. The minimum absolute atomic E-state index is 0.0638. The summed E-state index contributed by atoms with van der Waals surface area (Å²) in [6.45, 7) is 6.39. The lowest BCUT2D eigenvalue weighted by atomic mass is 9.87. The number of hydrogen-bond acceptors (Lipinski definition) is 2. The van der Waals surface area contributed by atoms with Crippen molar-refractivity contribution in [2.75, 3.05) is 0 Å². The van der Waals surface area contributed by atoms with Crippen LogP contribution in [0.3, 0.4) is 0 Å². The summed E-state index contributed by atoms with van der Waals surface area (Å²) in [7, 11) is 0. The zero-order valence-electron chi connectivity index (χ0n) is 12.2. The fourth-order valence-corrected chi connectivity index (χ4v) is 2.91. The molecule has 4 heteroatoms. The molecule has 0 saturated heterocycles. The van der Waals surface area contributed by atoms with Gasteiger partial charge in [-0.05, 0) is 35.2 Å². The summed E-state index contributed by atoms with van der Waals surface area (Å²) in [5.74, 6) is -1.96. The Morgan fingerprint density at radius 2 is 1.71 bits per heavy atom. The van der Waals surface area contributed by atoms with Crippen LogP contribution >= 0.6 is 11.8 Å². The number of halogens is 1. The lowest BCUT2D eigenvalue weighted by molar-refractivity contribution is 0.0688. The molecular formula is C17H17FO2S. The van der Waals surface area contributed by atoms with Gasteiger partial charge >= 0.3 is 5.97 Å². The first-order valence-electron chi connectivity index (χ1n) is 6.59. The van der Waals surface area contributed by atoms with Crippen LogP contribution in [0.4, 0.5) is 4.39 Å². The molecule has 0 atom stereocenters. The van der Waals surface area contributed by atoms with Gasteiger partial charge in [-0.25, -0.2) is 9.18 Å². The maximum Gasteiger partial charge on any atom is 0.339 e. The van der Waals surface area contributed by atoms with Gasteiger partial charge in [0, 0.05) is 9.79 Å². The average Bonchev–Trinajstić information content (AvgIpc) is 2.38. The molecule has 0 saturated carbocycles. The number of aromatic carboxylic acids is 1. The first-order valence-corrected chi connectivity index (χ1v) is 7.41. The third kappa shape index (κ3) is 3.64. The molecule has 21 heavy (non-hydrogen) atoms. The molecule has 0 radical (unpaired) electrons. The number of carboxylic acid groups (broad SMARTS) is 1. The number of hydrogen-bond donors (Lipinski definition) is 1. The van der Waals surface area contributed by atoms with Gasteiger partial charge in [0.15, 0.2) is 0 Å². The van der Waals surface area contributed by atoms with E-state index in [1.165, 1.54) is 23.4 Å². The van der Waals surface area contributed by atoms with Crippen molar-refractivity contribution in [2.24, 2.45) is 0 Å². The Morgan fingerprint density at radius 3 is 2.24 bits per heavy atom. The van der Waals surface area contributed by atoms with Gasteiger partial charge in [-0.15, -0.1) is 0 Å². The van der Waals surface area contributed by atoms with Gasteiger partial charge in [-0.1, -0.05) is 50.7 Å². The molecule has 0 bridgehead atoms. The predicted molar refractivity (Wildman–Crippen MR) is 82.6 cm³/mol. The van der Waals surface area contributed by atoms with E-state index in [9.17, 15) is 9.18 Å². The maximum absolute atomic E-state index is 13.6. The largest absolute Gasteiger partial charge is 0.478 e. The number of rotatable bonds is 3. The van der Waals surface area contributed by atoms with E-state index in [2.05, 4.69) is 20.8 Å². The Balaban J connectivity index is 2.31. The fourth-order valence-electron chi connectivity index (χ4n) is 1.95. The van der Waals surface area contributed by atoms with E-state index in [-0.39, 0.29) is 11.0 Å². The molecule has 110 valence electrons. The zero-order chi connectivity index (χ0) is 15.6. The molecule has 0 aliphatic heterocycles. The van der Waals surface area contributed by atoms with E-state index in [0.717, 1.165) is 11.0 Å². The summed E-state index contributed by atoms with van der Waals surface area (Å²) in [5, 5.41) is 9.12. The first-order chi connectivity index (χ1) is 9.79. The van der Waals surface area contributed by atoms with Crippen molar-refractivity contribution in [1.82, 2.24) is 0 Å². The smallest absolute Gasteiger partial charge is 0.339 e. The van der Waals surface area contributed by atoms with Gasteiger partial charge in [-0.2, -0.15) is 0 Å². The van der Waals surface area contributed by atoms with Gasteiger partial charge in [0.1, 0.15) is 11.4 Å². The van der Waals surface area contributed by atoms with E-state index in [4.69, 9.17) is 5.11 Å². The monoisotopic (exact) mass is 304 g/mol. The predicted octanol–water partition coefficient (Wildman–Crippen LogP) is 4.97. The molecule has 2 aromatic carbocycles. The van der Waals surface area contributed by atoms with Crippen molar-refractivity contribution < 1.29 is 14.3 Å². The fraction of sp³-hybridized carbons (Fsp3) is 0.235. The number of carboxylic acids is 1. The molecule has 0 amide bonds. The van der Waals surface area contributed by atoms with E-state index in [0.29, 0.717) is 4.90 Å². The molecular weight excluding hydrogens is 287 g/mol. The van der Waals surface area contributed by atoms with Crippen molar-refractivity contribution in [1.29, 1.82) is 0 Å². The Hall–Kier alpha value is -1.81. The molecule has 0 unspecified atom stereocenters. The quantitative estimate of drug-likeness (QED) is 0.869. The SMILES string of the molecule is CC(C)(C)c1ccc(Sc2cccc(F)c2C(=O)O)cc1. The summed E-state index contributed by atoms with van der Waals surface area (Å²) >= 11 is 1.26. The summed E-state index contributed by atoms with van der Waals surface area (Å²) in [5.41, 5.74) is 0.987. The minimum atomic E-state index is -1.25. The van der Waals surface area contributed by atoms with Crippen LogP contribution in [0.15, 0.2) is 52.3 Å². The second kappa shape index (κ2) is 5.90. The molecule has 1 N–H and O–H groups in total. The number of benzene rings is 2. The summed E-state index contributed by atoms with van der Waals surface area (Å²) in [4.78, 5) is 12.5. The van der Waals surface area contributed by atoms with Crippen molar-refractivity contribution in [3.05, 3.63) is 59.4 Å². The normalized spacial score (nSPS) is 11.4. The van der Waals surface area contributed by atoms with Crippen molar-refractivity contribution in [3.63, 3.8) is 0 Å². The molecule has 0 fully saturated rings. The molecule has 2 aromatic rings. The second-order valence-corrected chi connectivity index (χ2v) is 6.91. The van der Waals surface area contributed by atoms with E-state index in [1.54, 1.807) is 6.07 Å². The van der Waals surface area contributed by atoms with Crippen LogP contribution in [0, 0.1) is 5.82 Å². The molecule has 2 nitrogen and oxygen atoms in total. The van der Waals surface area contributed by atoms with E-state index in [1.807, 2.05) is 24.3 Å². The Bertz CT molecular complexity index is 657. The lowest BCUT2D eigenvalue weighted by Crippen LogP contribution is -2.10. The second-order valence-electron chi connectivity index (χ2n) is 5.79. The van der Waals surface area contributed by atoms with Gasteiger partial charge in [0.2, 0.25) is 0 Å². The van der Waals surface area contributed by atoms with E-state index < -0.39 is 11.8 Å². The number of carbonyl (C=O) groups is 1. The van der Waals surface area contributed by atoms with Crippen LogP contribution in [0.25, 0.3) is 0 Å². The van der Waals surface area contributed by atoms with Crippen molar-refractivity contribution in [2.45, 2.75) is 36.0 Å². The summed E-state index contributed by atoms with van der Waals surface area (Å²) in [6.07, 6.45) is 0. The van der Waals surface area contributed by atoms with E-state index >= 15 is 0 Å². The Kier molecular flexibility index (Phi) is 4.37. The Morgan fingerprint density at radius 1 is 1.10 bits per heavy atom. The van der Waals surface area contributed by atoms with Crippen LogP contribution < -0.4 is 0 Å². The first kappa shape index (κ1) is 15.6. The standard InChI is InChI=1S/C17H17FO2S/c1-17(2,3)11-7-9-12(10-8-11)21-14-6-4-5-13(18)15(14)16(19)20/h4-10H,1-3H3,(H,19,20). The van der Waals surface area contributed by atoms with Crippen molar-refractivity contribution in [3.8, 4) is 0 Å². The van der Waals surface area contributed by atoms with Gasteiger partial charge in [0.25, 0.3) is 0 Å². The highest BCUT2D eigenvalue weighted by atomic mass is 32.2. The molecule has 0 spiro atoms. The average molecular weight is 304 g/mol. The third-order valence-electron chi connectivity index (χ3n) is 3.14. The third-order valence-corrected chi connectivity index (χ3v) is 4.21. The Labute approximate surface area is 128 Å². The van der Waals surface area contributed by atoms with Gasteiger partial charge in [0.05, 0.1) is 0 Å². The highest BCUT2D eigenvalue weighted by Gasteiger charge is 2.17. The molecule has 0 aliphatic carbocycles. The zero-order valence-corrected chi connectivity index (χ0v) is 13.0. The molecule has 0 aliphatic rings. The van der Waals surface area contributed by atoms with Crippen molar-refractivity contribution >= 4 is 17.7 Å². The van der Waals surface area contributed by atoms with Crippen LogP contribution in [0.1, 0.15) is 36.7 Å². The summed E-state index contributed by atoms with van der Waals surface area (Å²) in [6, 6.07) is 12.2. The topological polar surface area (TPSA) is 37.3 Å². The van der Waals surface area contributed by atoms with Crippen LogP contribution in [-0.4, -0.2) is 11.1 Å². The van der Waals surface area contributed by atoms with Crippen LogP contribution in [0.2, 0.25) is 0 Å². The lowest BCUT2D eigenvalue weighted by Gasteiger charge is -2.19. The van der Waals surface area contributed by atoms with Crippen LogP contribution in [-0.2, 0) is 5.41 Å². The highest BCUT2D eigenvalue weighted by molar-refractivity contribution is 7.99. The molecule has 2 rings (SSSR count). The molecule has 0 heterocycles. The summed E-state index contributed by atoms with van der Waals surface area (Å²) < 4.78 is 13.6. The maximum atomic E-state index is 13.6. The van der Waals surface area contributed by atoms with Crippen LogP contribution in [0.5, 0.6) is 0 Å². The minimum Gasteiger partial charge on any atom is -0.478 e. The van der Waals surface area contributed by atoms with Gasteiger partial charge < -0.3 is 5.11 Å².